The number of hydrogen-bond donors (Lipinski definition) is 0. The van der Waals surface area contributed by atoms with E-state index in [0.29, 0.717) is 5.56 Å². The van der Waals surface area contributed by atoms with E-state index in [1.165, 1.54) is 0 Å². The summed E-state index contributed by atoms with van der Waals surface area (Å²) in [6.45, 7) is 1.05. The van der Waals surface area contributed by atoms with Gasteiger partial charge in [0.2, 0.25) is 0 Å². The Hall–Kier alpha value is -0.460. The fourth-order valence-corrected chi connectivity index (χ4v) is 1.68. The van der Waals surface area contributed by atoms with Crippen LogP contribution in [0.1, 0.15) is 12.5 Å². The van der Waals surface area contributed by atoms with E-state index in [4.69, 9.17) is 0 Å². The summed E-state index contributed by atoms with van der Waals surface area (Å²) >= 11 is 0. The molecule has 0 radical (unpaired) electrons. The summed E-state index contributed by atoms with van der Waals surface area (Å²) in [5.41, 5.74) is 0.502. The minimum absolute atomic E-state index is 0. The molecule has 0 unspecified atom stereocenters. The SMILES string of the molecule is CC(=O)C(=Cc1ccccc1)S(=O)(=O)[O-].[Na+]. The summed E-state index contributed by atoms with van der Waals surface area (Å²) in [4.78, 5) is 10.2. The average molecular weight is 248 g/mol. The van der Waals surface area contributed by atoms with Crippen molar-refractivity contribution in [3.63, 3.8) is 0 Å². The van der Waals surface area contributed by atoms with Gasteiger partial charge in [0.15, 0.2) is 5.78 Å². The third kappa shape index (κ3) is 4.59. The molecule has 0 bridgehead atoms. The van der Waals surface area contributed by atoms with E-state index in [1.54, 1.807) is 30.3 Å². The van der Waals surface area contributed by atoms with Crippen LogP contribution in [0, 0.1) is 0 Å². The van der Waals surface area contributed by atoms with Gasteiger partial charge < -0.3 is 4.55 Å². The molecule has 0 fully saturated rings. The zero-order valence-corrected chi connectivity index (χ0v) is 11.8. The molecule has 0 aromatic heterocycles. The van der Waals surface area contributed by atoms with Gasteiger partial charge in [-0.3, -0.25) is 4.79 Å². The molecule has 4 nitrogen and oxygen atoms in total. The molecule has 0 atom stereocenters. The molecule has 0 aliphatic rings. The van der Waals surface area contributed by atoms with Crippen molar-refractivity contribution in [1.82, 2.24) is 0 Å². The summed E-state index contributed by atoms with van der Waals surface area (Å²) in [7, 11) is -4.70. The molecule has 6 heteroatoms. The van der Waals surface area contributed by atoms with Crippen LogP contribution in [0.15, 0.2) is 35.2 Å². The molecule has 0 aliphatic carbocycles. The molecule has 0 spiro atoms. The summed E-state index contributed by atoms with van der Waals surface area (Å²) in [5.74, 6) is -0.756. The van der Waals surface area contributed by atoms with Crippen LogP contribution in [-0.2, 0) is 14.9 Å². The van der Waals surface area contributed by atoms with E-state index in [2.05, 4.69) is 0 Å². The van der Waals surface area contributed by atoms with Crippen molar-refractivity contribution in [3.05, 3.63) is 40.8 Å². The Morgan fingerprint density at radius 2 is 1.75 bits per heavy atom. The number of carbonyl (C=O) groups is 1. The molecule has 80 valence electrons. The number of carbonyl (C=O) groups excluding carboxylic acids is 1. The number of rotatable bonds is 3. The van der Waals surface area contributed by atoms with Gasteiger partial charge in [-0.1, -0.05) is 30.3 Å². The largest absolute Gasteiger partial charge is 1.00 e. The Labute approximate surface area is 116 Å². The fraction of sp³-hybridized carbons (Fsp3) is 0.100. The molecule has 0 aliphatic heterocycles. The summed E-state index contributed by atoms with van der Waals surface area (Å²) in [5, 5.41) is 0. The van der Waals surface area contributed by atoms with Gasteiger partial charge in [-0.25, -0.2) is 8.42 Å². The van der Waals surface area contributed by atoms with Gasteiger partial charge in [0, 0.05) is 0 Å². The zero-order chi connectivity index (χ0) is 11.5. The summed E-state index contributed by atoms with van der Waals surface area (Å²) in [6.07, 6.45) is 1.07. The maximum absolute atomic E-state index is 10.9. The van der Waals surface area contributed by atoms with Crippen molar-refractivity contribution in [2.45, 2.75) is 6.92 Å². The number of ketones is 1. The zero-order valence-electron chi connectivity index (χ0n) is 9.01. The van der Waals surface area contributed by atoms with Gasteiger partial charge in [-0.15, -0.1) is 0 Å². The third-order valence-electron chi connectivity index (χ3n) is 1.71. The van der Waals surface area contributed by atoms with Gasteiger partial charge >= 0.3 is 29.6 Å². The van der Waals surface area contributed by atoms with Crippen LogP contribution >= 0.6 is 0 Å². The van der Waals surface area contributed by atoms with Crippen LogP contribution in [-0.4, -0.2) is 18.8 Å². The predicted molar refractivity (Wildman–Crippen MR) is 54.8 cm³/mol. The molecule has 0 N–H and O–H groups in total. The first-order valence-electron chi connectivity index (χ1n) is 4.15. The normalized spacial score (nSPS) is 11.8. The maximum atomic E-state index is 10.9. The van der Waals surface area contributed by atoms with Crippen LogP contribution in [0.25, 0.3) is 6.08 Å². The number of allylic oxidation sites excluding steroid dienone is 1. The van der Waals surface area contributed by atoms with E-state index in [0.717, 1.165) is 13.0 Å². The number of benzene rings is 1. The fourth-order valence-electron chi connectivity index (χ4n) is 1.05. The van der Waals surface area contributed by atoms with Crippen molar-refractivity contribution in [2.75, 3.05) is 0 Å². The van der Waals surface area contributed by atoms with Crippen LogP contribution in [0.3, 0.4) is 0 Å². The topological polar surface area (TPSA) is 74.3 Å². The second-order valence-corrected chi connectivity index (χ2v) is 4.28. The minimum Gasteiger partial charge on any atom is -0.744 e. The number of Topliss-reactive ketones (excluding diaryl/α,β-unsaturated/α-hetero) is 1. The van der Waals surface area contributed by atoms with Crippen LogP contribution in [0.2, 0.25) is 0 Å². The molecule has 16 heavy (non-hydrogen) atoms. The van der Waals surface area contributed by atoms with Crippen molar-refractivity contribution in [2.24, 2.45) is 0 Å². The van der Waals surface area contributed by atoms with Crippen LogP contribution in [0.4, 0.5) is 0 Å². The number of hydrogen-bond acceptors (Lipinski definition) is 4. The van der Waals surface area contributed by atoms with E-state index < -0.39 is 20.8 Å². The van der Waals surface area contributed by atoms with Crippen molar-refractivity contribution in [1.29, 1.82) is 0 Å². The van der Waals surface area contributed by atoms with Gasteiger partial charge in [0.25, 0.3) is 0 Å². The molecule has 0 saturated heterocycles. The Morgan fingerprint density at radius 3 is 2.12 bits per heavy atom. The summed E-state index contributed by atoms with van der Waals surface area (Å²) < 4.78 is 32.2. The Bertz CT molecular complexity index is 491. The van der Waals surface area contributed by atoms with Gasteiger partial charge in [0.1, 0.15) is 10.1 Å². The van der Waals surface area contributed by atoms with Crippen molar-refractivity contribution in [3.8, 4) is 0 Å². The van der Waals surface area contributed by atoms with Crippen LogP contribution in [0.5, 0.6) is 0 Å². The first-order valence-corrected chi connectivity index (χ1v) is 5.55. The predicted octanol–water partition coefficient (Wildman–Crippen LogP) is -1.83. The standard InChI is InChI=1S/C10H10O4S.Na/c1-8(11)10(15(12,13)14)7-9-5-3-2-4-6-9;/h2-7H,1H3,(H,12,13,14);/q;+1/p-1. The van der Waals surface area contributed by atoms with Gasteiger partial charge in [-0.05, 0) is 18.6 Å². The van der Waals surface area contributed by atoms with Crippen molar-refractivity contribution < 1.29 is 47.3 Å². The van der Waals surface area contributed by atoms with E-state index in [-0.39, 0.29) is 29.6 Å². The van der Waals surface area contributed by atoms with E-state index >= 15 is 0 Å². The molecule has 0 saturated carbocycles. The van der Waals surface area contributed by atoms with Crippen LogP contribution < -0.4 is 29.6 Å². The Morgan fingerprint density at radius 1 is 1.25 bits per heavy atom. The molecule has 1 rings (SSSR count). The molecule has 0 heterocycles. The van der Waals surface area contributed by atoms with Gasteiger partial charge in [-0.2, -0.15) is 0 Å². The molecule has 1 aromatic rings. The summed E-state index contributed by atoms with van der Waals surface area (Å²) in [6, 6.07) is 8.32. The molecular formula is C10H9NaO4S. The third-order valence-corrected chi connectivity index (χ3v) is 2.66. The second-order valence-electron chi connectivity index (χ2n) is 2.93. The minimum atomic E-state index is -4.70. The van der Waals surface area contributed by atoms with Crippen molar-refractivity contribution >= 4 is 22.0 Å². The average Bonchev–Trinajstić information content (AvgIpc) is 2.13. The van der Waals surface area contributed by atoms with E-state index in [9.17, 15) is 17.8 Å². The maximum Gasteiger partial charge on any atom is 1.00 e. The van der Waals surface area contributed by atoms with E-state index in [1.807, 2.05) is 0 Å². The molecule has 0 amide bonds. The first-order chi connectivity index (χ1) is 6.91. The monoisotopic (exact) mass is 248 g/mol. The smallest absolute Gasteiger partial charge is 0.744 e. The second kappa shape index (κ2) is 6.32. The first kappa shape index (κ1) is 15.5. The molecular weight excluding hydrogens is 239 g/mol. The van der Waals surface area contributed by atoms with Gasteiger partial charge in [0.05, 0.1) is 4.91 Å². The Kier molecular flexibility index (Phi) is 6.14. The molecule has 1 aromatic carbocycles. The quantitative estimate of drug-likeness (QED) is 0.358. The Balaban J connectivity index is 0.00000225.